The lowest BCUT2D eigenvalue weighted by atomic mass is 10.1. The first kappa shape index (κ1) is 29.0. The lowest BCUT2D eigenvalue weighted by molar-refractivity contribution is -0.178. The van der Waals surface area contributed by atoms with Crippen LogP contribution in [0.3, 0.4) is 0 Å². The number of aryl methyl sites for hydroxylation is 2. The van der Waals surface area contributed by atoms with E-state index in [0.717, 1.165) is 44.3 Å². The molecule has 0 unspecified atom stereocenters. The minimum atomic E-state index is -0.806. The van der Waals surface area contributed by atoms with Gasteiger partial charge in [-0.05, 0) is 42.4 Å². The molecule has 8 heteroatoms. The summed E-state index contributed by atoms with van der Waals surface area (Å²) in [5.41, 5.74) is 9.59. The van der Waals surface area contributed by atoms with Crippen LogP contribution < -0.4 is 11.1 Å². The molecular weight excluding hydrogens is 502 g/mol. The summed E-state index contributed by atoms with van der Waals surface area (Å²) in [7, 11) is 0. The van der Waals surface area contributed by atoms with Crippen LogP contribution in [-0.2, 0) is 33.7 Å². The Bertz CT molecular complexity index is 1190. The van der Waals surface area contributed by atoms with E-state index in [9.17, 15) is 9.59 Å². The fraction of sp³-hybridized carbons (Fsp3) is 0.344. The summed E-state index contributed by atoms with van der Waals surface area (Å²) in [5.74, 6) is -0.399. The minimum Gasteiger partial charge on any atom is -0.384 e. The first-order chi connectivity index (χ1) is 19.5. The van der Waals surface area contributed by atoms with Crippen LogP contribution >= 0.6 is 0 Å². The number of benzene rings is 3. The fourth-order valence-electron chi connectivity index (χ4n) is 4.87. The molecule has 2 amide bonds. The topological polar surface area (TPSA) is 112 Å². The molecule has 3 aromatic rings. The molecule has 1 saturated heterocycles. The predicted molar refractivity (Wildman–Crippen MR) is 156 cm³/mol. The zero-order chi connectivity index (χ0) is 28.2. The van der Waals surface area contributed by atoms with Gasteiger partial charge in [-0.15, -0.1) is 0 Å². The van der Waals surface area contributed by atoms with E-state index in [-0.39, 0.29) is 24.1 Å². The van der Waals surface area contributed by atoms with Crippen molar-refractivity contribution in [1.82, 2.24) is 15.3 Å². The van der Waals surface area contributed by atoms with Crippen molar-refractivity contribution in [3.05, 3.63) is 107 Å². The average molecular weight is 542 g/mol. The van der Waals surface area contributed by atoms with Crippen molar-refractivity contribution in [2.75, 3.05) is 26.2 Å². The quantitative estimate of drug-likeness (QED) is 0.213. The molecule has 1 heterocycles. The van der Waals surface area contributed by atoms with E-state index >= 15 is 0 Å². The molecule has 0 aromatic heterocycles. The van der Waals surface area contributed by atoms with E-state index in [2.05, 4.69) is 58.9 Å². The summed E-state index contributed by atoms with van der Waals surface area (Å²) in [6, 6.07) is 27.9. The first-order valence-corrected chi connectivity index (χ1v) is 14.0. The smallest absolute Gasteiger partial charge is 0.266 e. The monoisotopic (exact) mass is 541 g/mol. The second kappa shape index (κ2) is 15.0. The Balaban J connectivity index is 1.32. The summed E-state index contributed by atoms with van der Waals surface area (Å²) in [6.45, 7) is 2.71. The van der Waals surface area contributed by atoms with E-state index in [1.807, 2.05) is 24.3 Å². The molecule has 0 saturated carbocycles. The van der Waals surface area contributed by atoms with Crippen molar-refractivity contribution < 1.29 is 14.3 Å². The SMILES string of the molecule is N=C(N)c1ccc(CNC(=O)C[C@H]2OCCN(N(CCCc3ccccc3)CCCc3ccccc3)C2=O)cc1. The van der Waals surface area contributed by atoms with Gasteiger partial charge in [-0.1, -0.05) is 84.9 Å². The van der Waals surface area contributed by atoms with E-state index in [4.69, 9.17) is 15.9 Å². The van der Waals surface area contributed by atoms with E-state index in [1.165, 1.54) is 11.1 Å². The maximum absolute atomic E-state index is 13.5. The molecule has 4 rings (SSSR count). The maximum Gasteiger partial charge on any atom is 0.266 e. The molecule has 0 aliphatic carbocycles. The number of hydrazine groups is 1. The van der Waals surface area contributed by atoms with Crippen LogP contribution in [0.2, 0.25) is 0 Å². The highest BCUT2D eigenvalue weighted by atomic mass is 16.5. The van der Waals surface area contributed by atoms with Gasteiger partial charge in [0, 0.05) is 25.2 Å². The highest BCUT2D eigenvalue weighted by molar-refractivity contribution is 5.94. The van der Waals surface area contributed by atoms with Gasteiger partial charge < -0.3 is 15.8 Å². The van der Waals surface area contributed by atoms with Crippen LogP contribution in [0.1, 0.15) is 41.5 Å². The Morgan fingerprint density at radius 2 is 1.48 bits per heavy atom. The first-order valence-electron chi connectivity index (χ1n) is 14.0. The number of carbonyl (C=O) groups excluding carboxylic acids is 2. The van der Waals surface area contributed by atoms with Gasteiger partial charge in [0.05, 0.1) is 19.6 Å². The van der Waals surface area contributed by atoms with Crippen molar-refractivity contribution in [3.63, 3.8) is 0 Å². The van der Waals surface area contributed by atoms with Gasteiger partial charge in [0.1, 0.15) is 11.9 Å². The van der Waals surface area contributed by atoms with E-state index in [0.29, 0.717) is 25.3 Å². The van der Waals surface area contributed by atoms with Crippen molar-refractivity contribution in [1.29, 1.82) is 5.41 Å². The number of rotatable bonds is 14. The molecular formula is C32H39N5O3. The number of amidine groups is 1. The number of nitrogens with two attached hydrogens (primary N) is 1. The van der Waals surface area contributed by atoms with Gasteiger partial charge in [0.2, 0.25) is 5.91 Å². The van der Waals surface area contributed by atoms with Crippen molar-refractivity contribution in [2.45, 2.75) is 44.8 Å². The molecule has 40 heavy (non-hydrogen) atoms. The van der Waals surface area contributed by atoms with Gasteiger partial charge in [-0.3, -0.25) is 20.0 Å². The number of nitrogens with zero attached hydrogens (tertiary/aromatic N) is 2. The number of morpholine rings is 1. The second-order valence-corrected chi connectivity index (χ2v) is 10.0. The Hall–Kier alpha value is -4.01. The summed E-state index contributed by atoms with van der Waals surface area (Å²) in [5, 5.41) is 14.3. The van der Waals surface area contributed by atoms with E-state index in [1.54, 1.807) is 17.1 Å². The molecule has 8 nitrogen and oxygen atoms in total. The predicted octanol–water partition coefficient (Wildman–Crippen LogP) is 3.69. The maximum atomic E-state index is 13.5. The summed E-state index contributed by atoms with van der Waals surface area (Å²) in [6.07, 6.45) is 2.89. The van der Waals surface area contributed by atoms with Gasteiger partial charge in [-0.25, -0.2) is 5.01 Å². The minimum absolute atomic E-state index is 0.00211. The Morgan fingerprint density at radius 1 is 0.900 bits per heavy atom. The van der Waals surface area contributed by atoms with Crippen LogP contribution in [0, 0.1) is 5.41 Å². The van der Waals surface area contributed by atoms with Crippen molar-refractivity contribution in [3.8, 4) is 0 Å². The zero-order valence-corrected chi connectivity index (χ0v) is 22.9. The van der Waals surface area contributed by atoms with Gasteiger partial charge in [-0.2, -0.15) is 0 Å². The van der Waals surface area contributed by atoms with E-state index < -0.39 is 6.10 Å². The molecule has 0 radical (unpaired) electrons. The number of nitrogen functional groups attached to an aromatic ring is 1. The molecule has 4 N–H and O–H groups in total. The lowest BCUT2D eigenvalue weighted by Crippen LogP contribution is -2.57. The van der Waals surface area contributed by atoms with Crippen LogP contribution in [-0.4, -0.2) is 60.0 Å². The molecule has 1 aliphatic heterocycles. The number of amides is 2. The molecule has 1 atom stereocenters. The molecule has 210 valence electrons. The standard InChI is InChI=1S/C32H39N5O3/c33-31(34)28-17-15-27(16-18-28)24-35-30(38)23-29-32(39)37(21-22-40-29)36(19-7-13-25-9-3-1-4-10-25)20-8-14-26-11-5-2-6-12-26/h1-6,9-12,15-18,29H,7-8,13-14,19-24H2,(H3,33,34)(H,35,38)/t29-/m1/s1. The third-order valence-corrected chi connectivity index (χ3v) is 7.07. The van der Waals surface area contributed by atoms with Crippen LogP contribution in [0.4, 0.5) is 0 Å². The number of hydrogen-bond donors (Lipinski definition) is 3. The lowest BCUT2D eigenvalue weighted by Gasteiger charge is -2.40. The molecule has 1 aliphatic rings. The van der Waals surface area contributed by atoms with Gasteiger partial charge in [0.25, 0.3) is 5.91 Å². The molecule has 3 aromatic carbocycles. The second-order valence-electron chi connectivity index (χ2n) is 10.0. The Labute approximate surface area is 236 Å². The summed E-state index contributed by atoms with van der Waals surface area (Å²) >= 11 is 0. The van der Waals surface area contributed by atoms with Crippen LogP contribution in [0.5, 0.6) is 0 Å². The summed E-state index contributed by atoms with van der Waals surface area (Å²) in [4.78, 5) is 26.2. The van der Waals surface area contributed by atoms with Crippen LogP contribution in [0.15, 0.2) is 84.9 Å². The molecule has 1 fully saturated rings. The van der Waals surface area contributed by atoms with Gasteiger partial charge >= 0.3 is 0 Å². The highest BCUT2D eigenvalue weighted by Crippen LogP contribution is 2.16. The van der Waals surface area contributed by atoms with Gasteiger partial charge in [0.15, 0.2) is 0 Å². The number of carbonyl (C=O) groups is 2. The van der Waals surface area contributed by atoms with Crippen LogP contribution in [0.25, 0.3) is 0 Å². The highest BCUT2D eigenvalue weighted by Gasteiger charge is 2.34. The third-order valence-electron chi connectivity index (χ3n) is 7.07. The molecule has 0 spiro atoms. The number of hydrogen-bond acceptors (Lipinski definition) is 5. The fourth-order valence-corrected chi connectivity index (χ4v) is 4.87. The van der Waals surface area contributed by atoms with Crippen molar-refractivity contribution >= 4 is 17.6 Å². The number of nitrogens with one attached hydrogen (secondary N) is 2. The number of ether oxygens (including phenoxy) is 1. The largest absolute Gasteiger partial charge is 0.384 e. The third kappa shape index (κ3) is 8.76. The Kier molecular flexibility index (Phi) is 10.8. The zero-order valence-electron chi connectivity index (χ0n) is 22.9. The molecule has 0 bridgehead atoms. The normalized spacial score (nSPS) is 15.3. The van der Waals surface area contributed by atoms with Crippen molar-refractivity contribution in [2.24, 2.45) is 5.73 Å². The summed E-state index contributed by atoms with van der Waals surface area (Å²) < 4.78 is 5.77. The average Bonchev–Trinajstić information content (AvgIpc) is 2.98. The Morgan fingerprint density at radius 3 is 2.02 bits per heavy atom.